The Morgan fingerprint density at radius 1 is 0.912 bits per heavy atom. The molecule has 7 nitrogen and oxygen atoms in total. The predicted octanol–water partition coefficient (Wildman–Crippen LogP) is 6.41. The van der Waals surface area contributed by atoms with Gasteiger partial charge in [0.1, 0.15) is 35.0 Å². The number of nitrogens with zero attached hydrogens (tertiary/aromatic N) is 3. The normalized spacial score (nSPS) is 10.9. The van der Waals surface area contributed by atoms with Crippen molar-refractivity contribution in [2.75, 3.05) is 19.5 Å². The first-order valence-electron chi connectivity index (χ1n) is 10.6. The van der Waals surface area contributed by atoms with Crippen LogP contribution < -0.4 is 14.8 Å². The van der Waals surface area contributed by atoms with E-state index >= 15 is 0 Å². The molecular formula is C26H22ClN5O2. The van der Waals surface area contributed by atoms with E-state index in [4.69, 9.17) is 21.1 Å². The molecule has 0 amide bonds. The quantitative estimate of drug-likeness (QED) is 0.297. The van der Waals surface area contributed by atoms with Crippen molar-refractivity contribution in [2.24, 2.45) is 0 Å². The molecule has 0 aliphatic rings. The average molecular weight is 472 g/mol. The number of anilines is 2. The SMILES string of the molecule is COc1cc(OC)c2ncnc(Nc3ccc(Cl)c(-c4ncc(-c5ccc(C)cc5)[nH]4)c3)c2c1. The molecule has 170 valence electrons. The molecule has 0 bridgehead atoms. The third-order valence-electron chi connectivity index (χ3n) is 5.56. The van der Waals surface area contributed by atoms with Crippen LogP contribution in [0.15, 0.2) is 67.1 Å². The zero-order chi connectivity index (χ0) is 23.7. The van der Waals surface area contributed by atoms with E-state index in [0.717, 1.165) is 27.9 Å². The summed E-state index contributed by atoms with van der Waals surface area (Å²) < 4.78 is 10.9. The van der Waals surface area contributed by atoms with Gasteiger partial charge < -0.3 is 19.8 Å². The third kappa shape index (κ3) is 4.13. The lowest BCUT2D eigenvalue weighted by atomic mass is 10.1. The lowest BCUT2D eigenvalue weighted by Gasteiger charge is -2.13. The number of ether oxygens (including phenoxy) is 2. The summed E-state index contributed by atoms with van der Waals surface area (Å²) >= 11 is 6.54. The average Bonchev–Trinajstić information content (AvgIpc) is 3.35. The number of methoxy groups -OCH3 is 2. The Hall–Kier alpha value is -4.10. The fourth-order valence-corrected chi connectivity index (χ4v) is 3.95. The Morgan fingerprint density at radius 3 is 2.50 bits per heavy atom. The minimum absolute atomic E-state index is 0.589. The second kappa shape index (κ2) is 9.03. The molecule has 2 heterocycles. The molecule has 34 heavy (non-hydrogen) atoms. The van der Waals surface area contributed by atoms with Gasteiger partial charge in [-0.05, 0) is 36.8 Å². The maximum absolute atomic E-state index is 6.54. The predicted molar refractivity (Wildman–Crippen MR) is 135 cm³/mol. The molecule has 2 aromatic heterocycles. The van der Waals surface area contributed by atoms with Gasteiger partial charge >= 0.3 is 0 Å². The van der Waals surface area contributed by atoms with Crippen molar-refractivity contribution in [3.63, 3.8) is 0 Å². The molecule has 0 radical (unpaired) electrons. The number of rotatable bonds is 6. The molecule has 0 atom stereocenters. The maximum Gasteiger partial charge on any atom is 0.148 e. The highest BCUT2D eigenvalue weighted by atomic mass is 35.5. The Kier molecular flexibility index (Phi) is 5.77. The van der Waals surface area contributed by atoms with Crippen LogP contribution in [0, 0.1) is 6.92 Å². The number of nitrogens with one attached hydrogen (secondary N) is 2. The fourth-order valence-electron chi connectivity index (χ4n) is 3.74. The van der Waals surface area contributed by atoms with Crippen molar-refractivity contribution in [2.45, 2.75) is 6.92 Å². The second-order valence-electron chi connectivity index (χ2n) is 7.78. The molecule has 8 heteroatoms. The van der Waals surface area contributed by atoms with Gasteiger partial charge in [-0.15, -0.1) is 0 Å². The minimum Gasteiger partial charge on any atom is -0.497 e. The van der Waals surface area contributed by atoms with E-state index in [9.17, 15) is 0 Å². The van der Waals surface area contributed by atoms with Crippen LogP contribution in [0.1, 0.15) is 5.56 Å². The number of imidazole rings is 1. The van der Waals surface area contributed by atoms with E-state index in [0.29, 0.717) is 33.7 Å². The number of aromatic nitrogens is 4. The number of aryl methyl sites for hydroxylation is 1. The molecular weight excluding hydrogens is 450 g/mol. The maximum atomic E-state index is 6.54. The van der Waals surface area contributed by atoms with Crippen LogP contribution >= 0.6 is 11.6 Å². The topological polar surface area (TPSA) is 84.9 Å². The molecule has 0 fully saturated rings. The van der Waals surface area contributed by atoms with E-state index in [1.807, 2.05) is 30.5 Å². The van der Waals surface area contributed by atoms with Crippen LogP contribution in [-0.2, 0) is 0 Å². The van der Waals surface area contributed by atoms with Crippen LogP contribution in [-0.4, -0.2) is 34.2 Å². The van der Waals surface area contributed by atoms with Crippen LogP contribution in [0.4, 0.5) is 11.5 Å². The van der Waals surface area contributed by atoms with E-state index in [2.05, 4.69) is 56.4 Å². The van der Waals surface area contributed by atoms with Crippen LogP contribution in [0.25, 0.3) is 33.5 Å². The van der Waals surface area contributed by atoms with E-state index in [1.165, 1.54) is 11.9 Å². The van der Waals surface area contributed by atoms with Gasteiger partial charge in [-0.3, -0.25) is 0 Å². The van der Waals surface area contributed by atoms with Gasteiger partial charge in [0.15, 0.2) is 0 Å². The standard InChI is InChI=1S/C26H22ClN5O2/c1-15-4-6-16(7-5-15)22-13-28-25(32-22)19-10-17(8-9-21(19)27)31-26-20-11-18(33-2)12-23(34-3)24(20)29-14-30-26/h4-14H,1-3H3,(H,28,32)(H,29,30,31). The summed E-state index contributed by atoms with van der Waals surface area (Å²) in [5.74, 6) is 2.56. The second-order valence-corrected chi connectivity index (χ2v) is 8.19. The van der Waals surface area contributed by atoms with Crippen LogP contribution in [0.2, 0.25) is 5.02 Å². The first kappa shape index (κ1) is 21.7. The number of fused-ring (bicyclic) bond motifs is 1. The molecule has 2 N–H and O–H groups in total. The number of benzene rings is 3. The Morgan fingerprint density at radius 2 is 1.74 bits per heavy atom. The number of H-pyrrole nitrogens is 1. The summed E-state index contributed by atoms with van der Waals surface area (Å²) in [4.78, 5) is 16.8. The van der Waals surface area contributed by atoms with Crippen molar-refractivity contribution < 1.29 is 9.47 Å². The Balaban J connectivity index is 1.51. The highest BCUT2D eigenvalue weighted by Gasteiger charge is 2.14. The van der Waals surface area contributed by atoms with Gasteiger partial charge in [-0.2, -0.15) is 0 Å². The van der Waals surface area contributed by atoms with E-state index in [1.54, 1.807) is 20.3 Å². The largest absolute Gasteiger partial charge is 0.497 e. The molecule has 0 saturated heterocycles. The number of hydrogen-bond acceptors (Lipinski definition) is 6. The summed E-state index contributed by atoms with van der Waals surface area (Å²) in [6, 6.07) is 17.6. The summed E-state index contributed by atoms with van der Waals surface area (Å²) in [6.07, 6.45) is 3.31. The third-order valence-corrected chi connectivity index (χ3v) is 5.89. The number of hydrogen-bond donors (Lipinski definition) is 2. The Labute approximate surface area is 201 Å². The Bertz CT molecular complexity index is 1480. The van der Waals surface area contributed by atoms with Crippen LogP contribution in [0.5, 0.6) is 11.5 Å². The smallest absolute Gasteiger partial charge is 0.148 e. The van der Waals surface area contributed by atoms with Crippen molar-refractivity contribution in [1.29, 1.82) is 0 Å². The molecule has 0 saturated carbocycles. The lowest BCUT2D eigenvalue weighted by Crippen LogP contribution is -1.99. The molecule has 0 aliphatic carbocycles. The van der Waals surface area contributed by atoms with Gasteiger partial charge in [-0.1, -0.05) is 41.4 Å². The summed E-state index contributed by atoms with van der Waals surface area (Å²) in [7, 11) is 3.21. The zero-order valence-corrected chi connectivity index (χ0v) is 19.6. The van der Waals surface area contributed by atoms with Gasteiger partial charge in [0, 0.05) is 17.3 Å². The molecule has 0 unspecified atom stereocenters. The fraction of sp³-hybridized carbons (Fsp3) is 0.115. The highest BCUT2D eigenvalue weighted by Crippen LogP contribution is 2.35. The van der Waals surface area contributed by atoms with Crippen molar-refractivity contribution in [3.05, 3.63) is 77.7 Å². The molecule has 5 rings (SSSR count). The number of halogens is 1. The van der Waals surface area contributed by atoms with Gasteiger partial charge in [0.2, 0.25) is 0 Å². The van der Waals surface area contributed by atoms with Crippen molar-refractivity contribution in [3.8, 4) is 34.1 Å². The molecule has 3 aromatic carbocycles. The molecule has 0 aliphatic heterocycles. The van der Waals surface area contributed by atoms with Gasteiger partial charge in [0.25, 0.3) is 0 Å². The number of aromatic amines is 1. The monoisotopic (exact) mass is 471 g/mol. The summed E-state index contributed by atoms with van der Waals surface area (Å²) in [5.41, 5.74) is 5.45. The molecule has 5 aromatic rings. The van der Waals surface area contributed by atoms with Crippen molar-refractivity contribution in [1.82, 2.24) is 19.9 Å². The first-order chi connectivity index (χ1) is 16.6. The lowest BCUT2D eigenvalue weighted by molar-refractivity contribution is 0.397. The van der Waals surface area contributed by atoms with Crippen LogP contribution in [0.3, 0.4) is 0 Å². The van der Waals surface area contributed by atoms with E-state index in [-0.39, 0.29) is 0 Å². The summed E-state index contributed by atoms with van der Waals surface area (Å²) in [5, 5.41) is 4.73. The van der Waals surface area contributed by atoms with E-state index < -0.39 is 0 Å². The summed E-state index contributed by atoms with van der Waals surface area (Å²) in [6.45, 7) is 2.06. The minimum atomic E-state index is 0.589. The van der Waals surface area contributed by atoms with Crippen molar-refractivity contribution >= 4 is 34.0 Å². The first-order valence-corrected chi connectivity index (χ1v) is 11.0. The van der Waals surface area contributed by atoms with Gasteiger partial charge in [-0.25, -0.2) is 15.0 Å². The van der Waals surface area contributed by atoms with Gasteiger partial charge in [0.05, 0.1) is 36.5 Å². The zero-order valence-electron chi connectivity index (χ0n) is 18.9. The highest BCUT2D eigenvalue weighted by molar-refractivity contribution is 6.33. The molecule has 0 spiro atoms.